The van der Waals surface area contributed by atoms with Crippen LogP contribution in [0.4, 0.5) is 0 Å². The number of carbonyl (C=O) groups excluding carboxylic acids is 1. The van der Waals surface area contributed by atoms with E-state index in [9.17, 15) is 9.59 Å². The fourth-order valence-electron chi connectivity index (χ4n) is 2.55. The van der Waals surface area contributed by atoms with Gasteiger partial charge in [-0.05, 0) is 37.8 Å². The van der Waals surface area contributed by atoms with Gasteiger partial charge in [-0.3, -0.25) is 4.79 Å². The molecule has 1 atom stereocenters. The largest absolute Gasteiger partial charge is 0.477 e. The first-order chi connectivity index (χ1) is 11.9. The summed E-state index contributed by atoms with van der Waals surface area (Å²) < 4.78 is 0. The summed E-state index contributed by atoms with van der Waals surface area (Å²) >= 11 is 1.11. The molecule has 0 saturated carbocycles. The predicted octanol–water partition coefficient (Wildman–Crippen LogP) is 3.91. The summed E-state index contributed by atoms with van der Waals surface area (Å²) in [6, 6.07) is 7.82. The van der Waals surface area contributed by atoms with E-state index in [2.05, 4.69) is 29.4 Å². The number of carboxylic acids is 1. The molecule has 5 nitrogen and oxygen atoms in total. The zero-order chi connectivity index (χ0) is 18.4. The summed E-state index contributed by atoms with van der Waals surface area (Å²) in [5.74, 6) is -1.08. The first kappa shape index (κ1) is 19.1. The van der Waals surface area contributed by atoms with Crippen LogP contribution in [0.15, 0.2) is 24.3 Å². The molecule has 25 heavy (non-hydrogen) atoms. The number of hydrogen-bond acceptors (Lipinski definition) is 4. The monoisotopic (exact) mass is 360 g/mol. The zero-order valence-electron chi connectivity index (χ0n) is 14.8. The minimum Gasteiger partial charge on any atom is -0.477 e. The van der Waals surface area contributed by atoms with Crippen molar-refractivity contribution in [1.82, 2.24) is 10.3 Å². The van der Waals surface area contributed by atoms with Gasteiger partial charge < -0.3 is 10.4 Å². The molecular weight excluding hydrogens is 336 g/mol. The lowest BCUT2D eigenvalue weighted by molar-refractivity contribution is -0.121. The number of amides is 1. The molecule has 0 spiro atoms. The van der Waals surface area contributed by atoms with Crippen molar-refractivity contribution in [1.29, 1.82) is 0 Å². The number of unbranched alkanes of at least 4 members (excludes halogenated alkanes) is 1. The van der Waals surface area contributed by atoms with E-state index in [1.165, 1.54) is 18.4 Å². The van der Waals surface area contributed by atoms with Crippen molar-refractivity contribution < 1.29 is 14.7 Å². The second-order valence-corrected chi connectivity index (χ2v) is 7.19. The number of aromatic nitrogens is 1. The number of aryl methyl sites for hydroxylation is 2. The van der Waals surface area contributed by atoms with Crippen molar-refractivity contribution in [3.63, 3.8) is 0 Å². The molecule has 134 valence electrons. The van der Waals surface area contributed by atoms with Gasteiger partial charge in [0.25, 0.3) is 0 Å². The highest BCUT2D eigenvalue weighted by molar-refractivity contribution is 7.13. The number of rotatable bonds is 8. The van der Waals surface area contributed by atoms with E-state index < -0.39 is 5.97 Å². The molecule has 1 amide bonds. The minimum atomic E-state index is -0.983. The normalized spacial score (nSPS) is 12.0. The van der Waals surface area contributed by atoms with Crippen LogP contribution in [0.25, 0.3) is 0 Å². The number of nitrogens with one attached hydrogen (secondary N) is 1. The highest BCUT2D eigenvalue weighted by atomic mass is 32.1. The lowest BCUT2D eigenvalue weighted by Gasteiger charge is -2.11. The van der Waals surface area contributed by atoms with Gasteiger partial charge in [-0.15, -0.1) is 11.3 Å². The SMILES string of the molecule is CCCCc1ccc(CC(=O)NC(C)c2nc(C)c(C(=O)O)s2)cc1. The van der Waals surface area contributed by atoms with Crippen LogP contribution in [0.2, 0.25) is 0 Å². The van der Waals surface area contributed by atoms with Crippen molar-refractivity contribution in [3.8, 4) is 0 Å². The molecule has 0 aliphatic rings. The Labute approximate surface area is 152 Å². The van der Waals surface area contributed by atoms with Gasteiger partial charge in [0.05, 0.1) is 18.2 Å². The predicted molar refractivity (Wildman–Crippen MR) is 99.1 cm³/mol. The van der Waals surface area contributed by atoms with Gasteiger partial charge in [0, 0.05) is 0 Å². The smallest absolute Gasteiger partial charge is 0.347 e. The molecule has 1 aromatic carbocycles. The van der Waals surface area contributed by atoms with Gasteiger partial charge >= 0.3 is 5.97 Å². The number of carbonyl (C=O) groups is 2. The van der Waals surface area contributed by atoms with Crippen LogP contribution in [0.5, 0.6) is 0 Å². The summed E-state index contributed by atoms with van der Waals surface area (Å²) in [5, 5.41) is 12.6. The van der Waals surface area contributed by atoms with Crippen LogP contribution in [0.3, 0.4) is 0 Å². The second kappa shape index (κ2) is 8.76. The quantitative estimate of drug-likeness (QED) is 0.748. The minimum absolute atomic E-state index is 0.0986. The average Bonchev–Trinajstić information content (AvgIpc) is 2.96. The van der Waals surface area contributed by atoms with Crippen molar-refractivity contribution in [2.24, 2.45) is 0 Å². The highest BCUT2D eigenvalue weighted by Crippen LogP contribution is 2.23. The molecule has 1 unspecified atom stereocenters. The number of thiazole rings is 1. The lowest BCUT2D eigenvalue weighted by atomic mass is 10.0. The van der Waals surface area contributed by atoms with E-state index in [-0.39, 0.29) is 16.8 Å². The third-order valence-corrected chi connectivity index (χ3v) is 5.29. The third kappa shape index (κ3) is 5.39. The fourth-order valence-corrected chi connectivity index (χ4v) is 3.45. The highest BCUT2D eigenvalue weighted by Gasteiger charge is 2.19. The van der Waals surface area contributed by atoms with Crippen molar-refractivity contribution >= 4 is 23.2 Å². The summed E-state index contributed by atoms with van der Waals surface area (Å²) in [4.78, 5) is 27.8. The molecule has 0 saturated heterocycles. The molecule has 6 heteroatoms. The van der Waals surface area contributed by atoms with Crippen molar-refractivity contribution in [2.75, 3.05) is 0 Å². The second-order valence-electron chi connectivity index (χ2n) is 6.16. The molecule has 2 aromatic rings. The van der Waals surface area contributed by atoms with E-state index in [0.717, 1.165) is 23.3 Å². The van der Waals surface area contributed by atoms with Crippen LogP contribution in [0, 0.1) is 6.92 Å². The summed E-state index contributed by atoms with van der Waals surface area (Å²) in [5.41, 5.74) is 2.74. The van der Waals surface area contributed by atoms with Gasteiger partial charge in [-0.2, -0.15) is 0 Å². The van der Waals surface area contributed by atoms with E-state index in [4.69, 9.17) is 5.11 Å². The summed E-state index contributed by atoms with van der Waals surface area (Å²) in [6.07, 6.45) is 3.70. The maximum Gasteiger partial charge on any atom is 0.347 e. The van der Waals surface area contributed by atoms with Crippen LogP contribution in [-0.2, 0) is 17.6 Å². The van der Waals surface area contributed by atoms with E-state index in [0.29, 0.717) is 17.1 Å². The first-order valence-corrected chi connectivity index (χ1v) is 9.30. The number of benzene rings is 1. The maximum atomic E-state index is 12.2. The van der Waals surface area contributed by atoms with Gasteiger partial charge in [0.1, 0.15) is 9.88 Å². The van der Waals surface area contributed by atoms with E-state index >= 15 is 0 Å². The zero-order valence-corrected chi connectivity index (χ0v) is 15.7. The molecule has 0 bridgehead atoms. The number of aromatic carboxylic acids is 1. The summed E-state index contributed by atoms with van der Waals surface area (Å²) in [6.45, 7) is 5.65. The van der Waals surface area contributed by atoms with Crippen LogP contribution >= 0.6 is 11.3 Å². The van der Waals surface area contributed by atoms with E-state index in [1.54, 1.807) is 6.92 Å². The molecule has 1 aromatic heterocycles. The van der Waals surface area contributed by atoms with Crippen molar-refractivity contribution in [3.05, 3.63) is 51.0 Å². The van der Waals surface area contributed by atoms with Crippen LogP contribution in [0.1, 0.15) is 64.2 Å². The maximum absolute atomic E-state index is 12.2. The molecule has 0 radical (unpaired) electrons. The molecule has 2 rings (SSSR count). The Morgan fingerprint density at radius 1 is 1.24 bits per heavy atom. The average molecular weight is 360 g/mol. The standard InChI is InChI=1S/C19H24N2O3S/c1-4-5-6-14-7-9-15(10-8-14)11-16(22)20-13(3)18-21-12(2)17(25-18)19(23)24/h7-10,13H,4-6,11H2,1-3H3,(H,20,22)(H,23,24). The van der Waals surface area contributed by atoms with Gasteiger partial charge in [-0.1, -0.05) is 37.6 Å². The van der Waals surface area contributed by atoms with Gasteiger partial charge in [0.2, 0.25) is 5.91 Å². The Hall–Kier alpha value is -2.21. The molecule has 0 aliphatic carbocycles. The number of nitrogens with zero attached hydrogens (tertiary/aromatic N) is 1. The lowest BCUT2D eigenvalue weighted by Crippen LogP contribution is -2.28. The van der Waals surface area contributed by atoms with E-state index in [1.807, 2.05) is 19.1 Å². The van der Waals surface area contributed by atoms with Crippen LogP contribution in [-0.4, -0.2) is 22.0 Å². The fraction of sp³-hybridized carbons (Fsp3) is 0.421. The topological polar surface area (TPSA) is 79.3 Å². The Bertz CT molecular complexity index is 738. The van der Waals surface area contributed by atoms with Gasteiger partial charge in [0.15, 0.2) is 0 Å². The molecule has 2 N–H and O–H groups in total. The van der Waals surface area contributed by atoms with Crippen LogP contribution < -0.4 is 5.32 Å². The Morgan fingerprint density at radius 2 is 1.88 bits per heavy atom. The number of carboxylic acid groups (broad SMARTS) is 1. The summed E-state index contributed by atoms with van der Waals surface area (Å²) in [7, 11) is 0. The van der Waals surface area contributed by atoms with Crippen molar-refractivity contribution in [2.45, 2.75) is 52.5 Å². The molecular formula is C19H24N2O3S. The Balaban J connectivity index is 1.93. The molecule has 0 fully saturated rings. The third-order valence-electron chi connectivity index (χ3n) is 3.96. The number of hydrogen-bond donors (Lipinski definition) is 2. The Morgan fingerprint density at radius 3 is 2.44 bits per heavy atom. The first-order valence-electron chi connectivity index (χ1n) is 8.48. The Kier molecular flexibility index (Phi) is 6.70. The van der Waals surface area contributed by atoms with Gasteiger partial charge in [-0.25, -0.2) is 9.78 Å². The molecule has 0 aliphatic heterocycles. The molecule has 1 heterocycles.